The average Bonchev–Trinajstić information content (AvgIpc) is 2.50. The first-order valence-electron chi connectivity index (χ1n) is 4.68. The highest BCUT2D eigenvalue weighted by atomic mass is 35.5. The summed E-state index contributed by atoms with van der Waals surface area (Å²) >= 11 is 5.24. The summed E-state index contributed by atoms with van der Waals surface area (Å²) < 4.78 is 0. The molecule has 0 radical (unpaired) electrons. The molecule has 15 heavy (non-hydrogen) atoms. The van der Waals surface area contributed by atoms with Gasteiger partial charge in [-0.2, -0.15) is 0 Å². The quantitative estimate of drug-likeness (QED) is 0.596. The van der Waals surface area contributed by atoms with Crippen LogP contribution < -0.4 is 5.32 Å². The van der Waals surface area contributed by atoms with Gasteiger partial charge in [-0.3, -0.25) is 4.79 Å². The molecule has 0 spiro atoms. The Morgan fingerprint density at radius 3 is 2.93 bits per heavy atom. The number of carbonyl (C=O) groups excluding carboxylic acids is 1. The van der Waals surface area contributed by atoms with Gasteiger partial charge in [0, 0.05) is 23.1 Å². The number of hydrogen-bond acceptors (Lipinski definition) is 1. The van der Waals surface area contributed by atoms with Crippen molar-refractivity contribution in [3.05, 3.63) is 35.5 Å². The predicted molar refractivity (Wildman–Crippen MR) is 61.1 cm³/mol. The van der Waals surface area contributed by atoms with Crippen LogP contribution in [0.1, 0.15) is 11.3 Å². The fraction of sp³-hybridized carbons (Fsp3) is 0.182. The third-order valence-electron chi connectivity index (χ3n) is 2.43. The van der Waals surface area contributed by atoms with E-state index in [-0.39, 0.29) is 0 Å². The summed E-state index contributed by atoms with van der Waals surface area (Å²) in [5.74, 6) is 0. The van der Waals surface area contributed by atoms with Crippen LogP contribution >= 0.6 is 11.6 Å². The van der Waals surface area contributed by atoms with E-state index in [9.17, 15) is 4.79 Å². The Hall–Kier alpha value is -1.48. The van der Waals surface area contributed by atoms with E-state index in [0.717, 1.165) is 22.2 Å². The number of benzene rings is 1. The molecule has 0 aliphatic heterocycles. The van der Waals surface area contributed by atoms with Gasteiger partial charge in [-0.05, 0) is 30.2 Å². The fourth-order valence-corrected chi connectivity index (χ4v) is 1.79. The van der Waals surface area contributed by atoms with Crippen LogP contribution in [0, 0.1) is 6.92 Å². The minimum atomic E-state index is -0.528. The molecule has 0 atom stereocenters. The van der Waals surface area contributed by atoms with E-state index in [0.29, 0.717) is 6.54 Å². The molecule has 2 aromatic rings. The molecular weight excluding hydrogens is 212 g/mol. The van der Waals surface area contributed by atoms with Crippen molar-refractivity contribution in [2.24, 2.45) is 0 Å². The van der Waals surface area contributed by atoms with Crippen molar-refractivity contribution < 1.29 is 4.79 Å². The first-order valence-corrected chi connectivity index (χ1v) is 5.06. The van der Waals surface area contributed by atoms with E-state index in [1.54, 1.807) is 0 Å². The number of H-pyrrole nitrogens is 1. The molecule has 0 unspecified atom stereocenters. The minimum Gasteiger partial charge on any atom is -0.358 e. The van der Waals surface area contributed by atoms with Gasteiger partial charge in [-0.25, -0.2) is 0 Å². The number of hydrogen-bond donors (Lipinski definition) is 2. The Labute approximate surface area is 92.4 Å². The van der Waals surface area contributed by atoms with Crippen LogP contribution in [0.4, 0.5) is 4.79 Å². The van der Waals surface area contributed by atoms with Crippen molar-refractivity contribution in [3.8, 4) is 0 Å². The van der Waals surface area contributed by atoms with Crippen molar-refractivity contribution in [1.82, 2.24) is 10.3 Å². The number of aromatic amines is 1. The summed E-state index contributed by atoms with van der Waals surface area (Å²) in [6, 6.07) is 7.98. The molecular formula is C11H11ClN2O. The van der Waals surface area contributed by atoms with Crippen LogP contribution in [-0.4, -0.2) is 10.4 Å². The Bertz CT molecular complexity index is 504. The Morgan fingerprint density at radius 2 is 2.20 bits per heavy atom. The second-order valence-corrected chi connectivity index (χ2v) is 3.74. The zero-order valence-corrected chi connectivity index (χ0v) is 9.06. The van der Waals surface area contributed by atoms with Crippen LogP contribution in [0.25, 0.3) is 10.9 Å². The third-order valence-corrected chi connectivity index (χ3v) is 2.56. The smallest absolute Gasteiger partial charge is 0.314 e. The van der Waals surface area contributed by atoms with Crippen molar-refractivity contribution in [2.45, 2.75) is 13.5 Å². The summed E-state index contributed by atoms with van der Waals surface area (Å²) in [4.78, 5) is 13.9. The molecule has 2 rings (SSSR count). The number of para-hydroxylation sites is 1. The number of fused-ring (bicyclic) bond motifs is 1. The first kappa shape index (κ1) is 10.1. The molecule has 0 aliphatic carbocycles. The standard InChI is InChI=1S/C11H11ClN2O/c1-7-9(6-13-11(12)15)8-4-2-3-5-10(8)14-7/h2-5,14H,6H2,1H3,(H,13,15). The second-order valence-electron chi connectivity index (χ2n) is 3.40. The van der Waals surface area contributed by atoms with Crippen LogP contribution in [0.2, 0.25) is 0 Å². The lowest BCUT2D eigenvalue weighted by Gasteiger charge is -2.00. The van der Waals surface area contributed by atoms with Gasteiger partial charge in [-0.15, -0.1) is 0 Å². The Balaban J connectivity index is 2.40. The summed E-state index contributed by atoms with van der Waals surface area (Å²) in [5.41, 5.74) is 3.22. The molecule has 0 saturated carbocycles. The maximum atomic E-state index is 10.6. The summed E-state index contributed by atoms with van der Waals surface area (Å²) in [5, 5.41) is 3.18. The summed E-state index contributed by atoms with van der Waals surface area (Å²) in [6.45, 7) is 2.44. The van der Waals surface area contributed by atoms with Gasteiger partial charge in [0.15, 0.2) is 0 Å². The first-order chi connectivity index (χ1) is 7.18. The van der Waals surface area contributed by atoms with Crippen LogP contribution in [0.15, 0.2) is 24.3 Å². The van der Waals surface area contributed by atoms with E-state index in [2.05, 4.69) is 10.3 Å². The Kier molecular flexibility index (Phi) is 2.64. The van der Waals surface area contributed by atoms with Gasteiger partial charge in [0.1, 0.15) is 0 Å². The monoisotopic (exact) mass is 222 g/mol. The van der Waals surface area contributed by atoms with Crippen molar-refractivity contribution >= 4 is 27.9 Å². The average molecular weight is 223 g/mol. The highest BCUT2D eigenvalue weighted by molar-refractivity contribution is 6.62. The molecule has 2 N–H and O–H groups in total. The largest absolute Gasteiger partial charge is 0.358 e. The minimum absolute atomic E-state index is 0.457. The number of halogens is 1. The second kappa shape index (κ2) is 3.95. The van der Waals surface area contributed by atoms with Crippen molar-refractivity contribution in [3.63, 3.8) is 0 Å². The molecule has 0 fully saturated rings. The van der Waals surface area contributed by atoms with Gasteiger partial charge in [0.25, 0.3) is 0 Å². The lowest BCUT2D eigenvalue weighted by Crippen LogP contribution is -2.15. The maximum absolute atomic E-state index is 10.6. The van der Waals surface area contributed by atoms with E-state index in [1.807, 2.05) is 31.2 Å². The van der Waals surface area contributed by atoms with Gasteiger partial charge >= 0.3 is 5.37 Å². The third kappa shape index (κ3) is 1.97. The summed E-state index contributed by atoms with van der Waals surface area (Å²) in [6.07, 6.45) is 0. The molecule has 3 nitrogen and oxygen atoms in total. The molecule has 1 amide bonds. The normalized spacial score (nSPS) is 10.5. The van der Waals surface area contributed by atoms with E-state index >= 15 is 0 Å². The number of aromatic nitrogens is 1. The number of rotatable bonds is 2. The lowest BCUT2D eigenvalue weighted by molar-refractivity contribution is 0.259. The maximum Gasteiger partial charge on any atom is 0.314 e. The molecule has 0 bridgehead atoms. The highest BCUT2D eigenvalue weighted by Crippen LogP contribution is 2.21. The number of carbonyl (C=O) groups is 1. The molecule has 0 saturated heterocycles. The number of amides is 1. The summed E-state index contributed by atoms with van der Waals surface area (Å²) in [7, 11) is 0. The molecule has 4 heteroatoms. The van der Waals surface area contributed by atoms with Gasteiger partial charge in [-0.1, -0.05) is 18.2 Å². The molecule has 78 valence electrons. The number of aryl methyl sites for hydroxylation is 1. The van der Waals surface area contributed by atoms with E-state index in [1.165, 1.54) is 0 Å². The molecule has 1 aromatic carbocycles. The Morgan fingerprint density at radius 1 is 1.47 bits per heavy atom. The van der Waals surface area contributed by atoms with Gasteiger partial charge in [0.05, 0.1) is 0 Å². The van der Waals surface area contributed by atoms with Crippen LogP contribution in [0.5, 0.6) is 0 Å². The zero-order valence-electron chi connectivity index (χ0n) is 8.30. The highest BCUT2D eigenvalue weighted by Gasteiger charge is 2.07. The van der Waals surface area contributed by atoms with Crippen LogP contribution in [-0.2, 0) is 6.54 Å². The zero-order chi connectivity index (χ0) is 10.8. The number of nitrogens with one attached hydrogen (secondary N) is 2. The molecule has 1 aromatic heterocycles. The van der Waals surface area contributed by atoms with E-state index in [4.69, 9.17) is 11.6 Å². The van der Waals surface area contributed by atoms with Gasteiger partial charge in [0.2, 0.25) is 0 Å². The van der Waals surface area contributed by atoms with E-state index < -0.39 is 5.37 Å². The predicted octanol–water partition coefficient (Wildman–Crippen LogP) is 2.92. The molecule has 1 heterocycles. The molecule has 0 aliphatic rings. The van der Waals surface area contributed by atoms with Crippen molar-refractivity contribution in [2.75, 3.05) is 0 Å². The topological polar surface area (TPSA) is 44.9 Å². The van der Waals surface area contributed by atoms with Gasteiger partial charge < -0.3 is 10.3 Å². The fourth-order valence-electron chi connectivity index (χ4n) is 1.72. The van der Waals surface area contributed by atoms with Crippen molar-refractivity contribution in [1.29, 1.82) is 0 Å². The van der Waals surface area contributed by atoms with Crippen LogP contribution in [0.3, 0.4) is 0 Å². The lowest BCUT2D eigenvalue weighted by atomic mass is 10.1. The SMILES string of the molecule is Cc1[nH]c2ccccc2c1CNC(=O)Cl.